The zero-order chi connectivity index (χ0) is 14.3. The summed E-state index contributed by atoms with van der Waals surface area (Å²) in [5, 5.41) is 12.0. The van der Waals surface area contributed by atoms with Crippen LogP contribution in [0.25, 0.3) is 0 Å². The number of amides is 2. The monoisotopic (exact) mass is 270 g/mol. The van der Waals surface area contributed by atoms with E-state index in [1.54, 1.807) is 0 Å². The number of carboxylic acids is 1. The topological polar surface area (TPSA) is 69.6 Å². The van der Waals surface area contributed by atoms with Crippen LogP contribution in [-0.4, -0.2) is 40.6 Å². The molecule has 1 heterocycles. The molecule has 0 radical (unpaired) electrons. The second-order valence-electron chi connectivity index (χ2n) is 5.39. The number of unbranched alkanes of at least 4 members (excludes halogenated alkanes) is 3. The van der Waals surface area contributed by atoms with E-state index >= 15 is 0 Å². The largest absolute Gasteiger partial charge is 0.480 e. The van der Waals surface area contributed by atoms with Gasteiger partial charge in [0.25, 0.3) is 0 Å². The average Bonchev–Trinajstić information content (AvgIpc) is 2.84. The van der Waals surface area contributed by atoms with Crippen LogP contribution in [0.15, 0.2) is 0 Å². The third-order valence-electron chi connectivity index (χ3n) is 3.66. The van der Waals surface area contributed by atoms with Gasteiger partial charge in [-0.2, -0.15) is 0 Å². The third kappa shape index (κ3) is 5.09. The molecule has 0 aliphatic carbocycles. The van der Waals surface area contributed by atoms with Gasteiger partial charge < -0.3 is 15.3 Å². The fourth-order valence-electron chi connectivity index (χ4n) is 2.51. The summed E-state index contributed by atoms with van der Waals surface area (Å²) < 4.78 is 0. The molecule has 2 N–H and O–H groups in total. The molecular formula is C14H26N2O3. The SMILES string of the molecule is CCCCCCC(C)NC(=O)N1CCC[C@@H]1C(=O)O. The first-order chi connectivity index (χ1) is 9.06. The molecule has 0 aromatic carbocycles. The highest BCUT2D eigenvalue weighted by atomic mass is 16.4. The van der Waals surface area contributed by atoms with E-state index < -0.39 is 12.0 Å². The molecule has 5 heteroatoms. The molecule has 1 fully saturated rings. The van der Waals surface area contributed by atoms with Crippen molar-refractivity contribution < 1.29 is 14.7 Å². The van der Waals surface area contributed by atoms with Crippen LogP contribution in [0.3, 0.4) is 0 Å². The molecule has 0 aromatic rings. The smallest absolute Gasteiger partial charge is 0.326 e. The van der Waals surface area contributed by atoms with Crippen molar-refractivity contribution in [2.24, 2.45) is 0 Å². The molecule has 5 nitrogen and oxygen atoms in total. The van der Waals surface area contributed by atoms with Gasteiger partial charge in [0.15, 0.2) is 0 Å². The molecule has 2 amide bonds. The van der Waals surface area contributed by atoms with Gasteiger partial charge in [-0.25, -0.2) is 9.59 Å². The summed E-state index contributed by atoms with van der Waals surface area (Å²) in [6, 6.07) is -0.764. The molecule has 0 spiro atoms. The standard InChI is InChI=1S/C14H26N2O3/c1-3-4-5-6-8-11(2)15-14(19)16-10-7-9-12(16)13(17)18/h11-12H,3-10H2,1-2H3,(H,15,19)(H,17,18)/t11?,12-/m1/s1. The van der Waals surface area contributed by atoms with E-state index in [1.807, 2.05) is 6.92 Å². The van der Waals surface area contributed by atoms with Crippen LogP contribution in [0.1, 0.15) is 58.8 Å². The minimum Gasteiger partial charge on any atom is -0.480 e. The van der Waals surface area contributed by atoms with Crippen LogP contribution in [0.5, 0.6) is 0 Å². The summed E-state index contributed by atoms with van der Waals surface area (Å²) in [4.78, 5) is 24.5. The molecule has 1 saturated heterocycles. The Balaban J connectivity index is 2.31. The van der Waals surface area contributed by atoms with E-state index in [9.17, 15) is 9.59 Å². The number of nitrogens with zero attached hydrogens (tertiary/aromatic N) is 1. The number of urea groups is 1. The maximum absolute atomic E-state index is 12.0. The van der Waals surface area contributed by atoms with Gasteiger partial charge in [0.05, 0.1) is 0 Å². The van der Waals surface area contributed by atoms with Crippen LogP contribution in [0.2, 0.25) is 0 Å². The van der Waals surface area contributed by atoms with Crippen molar-refractivity contribution in [3.8, 4) is 0 Å². The van der Waals surface area contributed by atoms with Gasteiger partial charge in [-0.1, -0.05) is 32.6 Å². The lowest BCUT2D eigenvalue weighted by molar-refractivity contribution is -0.141. The van der Waals surface area contributed by atoms with Gasteiger partial charge in [0, 0.05) is 12.6 Å². The summed E-state index contributed by atoms with van der Waals surface area (Å²) in [6.07, 6.45) is 7.03. The Hall–Kier alpha value is -1.26. The van der Waals surface area contributed by atoms with Gasteiger partial charge >= 0.3 is 12.0 Å². The summed E-state index contributed by atoms with van der Waals surface area (Å²) in [5.41, 5.74) is 0. The van der Waals surface area contributed by atoms with Gasteiger partial charge in [-0.15, -0.1) is 0 Å². The van der Waals surface area contributed by atoms with Crippen LogP contribution in [0.4, 0.5) is 4.79 Å². The fourth-order valence-corrected chi connectivity index (χ4v) is 2.51. The van der Waals surface area contributed by atoms with Gasteiger partial charge in [-0.3, -0.25) is 0 Å². The maximum Gasteiger partial charge on any atom is 0.326 e. The van der Waals surface area contributed by atoms with Crippen LogP contribution in [-0.2, 0) is 4.79 Å². The number of nitrogens with one attached hydrogen (secondary N) is 1. The van der Waals surface area contributed by atoms with E-state index in [0.717, 1.165) is 19.3 Å². The highest BCUT2D eigenvalue weighted by Gasteiger charge is 2.34. The van der Waals surface area contributed by atoms with Crippen molar-refractivity contribution in [1.29, 1.82) is 0 Å². The van der Waals surface area contributed by atoms with Gasteiger partial charge in [-0.05, 0) is 26.2 Å². The first-order valence-electron chi connectivity index (χ1n) is 7.36. The number of aliphatic carboxylic acids is 1. The lowest BCUT2D eigenvalue weighted by Gasteiger charge is -2.24. The number of carbonyl (C=O) groups excluding carboxylic acids is 1. The molecule has 1 aliphatic rings. The molecule has 1 aliphatic heterocycles. The predicted octanol–water partition coefficient (Wildman–Crippen LogP) is 2.60. The van der Waals surface area contributed by atoms with Crippen molar-refractivity contribution in [3.05, 3.63) is 0 Å². The lowest BCUT2D eigenvalue weighted by atomic mass is 10.1. The number of carboxylic acid groups (broad SMARTS) is 1. The third-order valence-corrected chi connectivity index (χ3v) is 3.66. The van der Waals surface area contributed by atoms with Crippen molar-refractivity contribution >= 4 is 12.0 Å². The summed E-state index contributed by atoms with van der Waals surface area (Å²) >= 11 is 0. The number of hydrogen-bond acceptors (Lipinski definition) is 2. The van der Waals surface area contributed by atoms with Crippen molar-refractivity contribution in [2.45, 2.75) is 70.9 Å². The quantitative estimate of drug-likeness (QED) is 0.699. The minimum absolute atomic E-state index is 0.111. The normalized spacial score (nSPS) is 20.3. The van der Waals surface area contributed by atoms with Gasteiger partial charge in [0.1, 0.15) is 6.04 Å². The van der Waals surface area contributed by atoms with Crippen molar-refractivity contribution in [3.63, 3.8) is 0 Å². The Morgan fingerprint density at radius 2 is 2.11 bits per heavy atom. The average molecular weight is 270 g/mol. The van der Waals surface area contributed by atoms with Crippen molar-refractivity contribution in [2.75, 3.05) is 6.54 Å². The van der Waals surface area contributed by atoms with E-state index in [1.165, 1.54) is 24.2 Å². The minimum atomic E-state index is -0.900. The number of carbonyl (C=O) groups is 2. The van der Waals surface area contributed by atoms with Crippen LogP contribution >= 0.6 is 0 Å². The first kappa shape index (κ1) is 15.8. The fraction of sp³-hybridized carbons (Fsp3) is 0.857. The number of rotatable bonds is 7. The lowest BCUT2D eigenvalue weighted by Crippen LogP contribution is -2.48. The molecule has 1 unspecified atom stereocenters. The molecule has 1 rings (SSSR count). The predicted molar refractivity (Wildman–Crippen MR) is 74.1 cm³/mol. The molecule has 0 bridgehead atoms. The Morgan fingerprint density at radius 3 is 2.74 bits per heavy atom. The first-order valence-corrected chi connectivity index (χ1v) is 7.36. The molecule has 2 atom stereocenters. The van der Waals surface area contributed by atoms with Crippen molar-refractivity contribution in [1.82, 2.24) is 10.2 Å². The number of hydrogen-bond donors (Lipinski definition) is 2. The Morgan fingerprint density at radius 1 is 1.37 bits per heavy atom. The van der Waals surface area contributed by atoms with E-state index in [2.05, 4.69) is 12.2 Å². The van der Waals surface area contributed by atoms with Crippen LogP contribution < -0.4 is 5.32 Å². The Labute approximate surface area is 115 Å². The van der Waals surface area contributed by atoms with E-state index in [-0.39, 0.29) is 12.1 Å². The molecular weight excluding hydrogens is 244 g/mol. The highest BCUT2D eigenvalue weighted by molar-refractivity contribution is 5.83. The Kier molecular flexibility index (Phi) is 6.67. The van der Waals surface area contributed by atoms with Crippen LogP contribution in [0, 0.1) is 0 Å². The molecule has 0 aromatic heterocycles. The molecule has 19 heavy (non-hydrogen) atoms. The summed E-state index contributed by atoms with van der Waals surface area (Å²) in [6.45, 7) is 4.70. The maximum atomic E-state index is 12.0. The summed E-state index contributed by atoms with van der Waals surface area (Å²) in [5.74, 6) is -0.900. The van der Waals surface area contributed by atoms with E-state index in [4.69, 9.17) is 5.11 Å². The van der Waals surface area contributed by atoms with Gasteiger partial charge in [0.2, 0.25) is 0 Å². The molecule has 0 saturated carbocycles. The second-order valence-corrected chi connectivity index (χ2v) is 5.39. The number of likely N-dealkylation sites (tertiary alicyclic amines) is 1. The second kappa shape index (κ2) is 8.02. The zero-order valence-corrected chi connectivity index (χ0v) is 12.0. The van der Waals surface area contributed by atoms with E-state index in [0.29, 0.717) is 13.0 Å². The highest BCUT2D eigenvalue weighted by Crippen LogP contribution is 2.17. The Bertz CT molecular complexity index is 307. The zero-order valence-electron chi connectivity index (χ0n) is 12.0. The molecule has 110 valence electrons. The summed E-state index contributed by atoms with van der Waals surface area (Å²) in [7, 11) is 0.